The summed E-state index contributed by atoms with van der Waals surface area (Å²) in [5.41, 5.74) is 5.14. The van der Waals surface area contributed by atoms with Crippen LogP contribution in [0, 0.1) is 20.8 Å². The third kappa shape index (κ3) is 3.80. The van der Waals surface area contributed by atoms with Crippen LogP contribution in [0.3, 0.4) is 0 Å². The highest BCUT2D eigenvalue weighted by Gasteiger charge is 2.24. The van der Waals surface area contributed by atoms with Crippen molar-refractivity contribution in [3.8, 4) is 0 Å². The molecule has 0 amide bonds. The fourth-order valence-corrected chi connectivity index (χ4v) is 4.59. The van der Waals surface area contributed by atoms with Gasteiger partial charge < -0.3 is 5.32 Å². The van der Waals surface area contributed by atoms with Gasteiger partial charge in [-0.05, 0) is 50.3 Å². The second-order valence-corrected chi connectivity index (χ2v) is 7.94. The molecule has 1 unspecified atom stereocenters. The molecule has 4 heteroatoms. The van der Waals surface area contributed by atoms with Gasteiger partial charge >= 0.3 is 0 Å². The van der Waals surface area contributed by atoms with E-state index in [9.17, 15) is 8.42 Å². The molecule has 1 fully saturated rings. The monoisotopic (exact) mass is 281 g/mol. The second kappa shape index (κ2) is 5.63. The van der Waals surface area contributed by atoms with Crippen molar-refractivity contribution in [3.05, 3.63) is 34.4 Å². The van der Waals surface area contributed by atoms with Crippen molar-refractivity contribution in [1.29, 1.82) is 0 Å². The van der Waals surface area contributed by atoms with Crippen LogP contribution in [0.25, 0.3) is 0 Å². The summed E-state index contributed by atoms with van der Waals surface area (Å²) in [7, 11) is -2.83. The number of sulfone groups is 1. The van der Waals surface area contributed by atoms with Crippen molar-refractivity contribution in [2.75, 3.05) is 11.5 Å². The van der Waals surface area contributed by atoms with Gasteiger partial charge in [-0.2, -0.15) is 0 Å². The highest BCUT2D eigenvalue weighted by molar-refractivity contribution is 7.91. The van der Waals surface area contributed by atoms with Crippen LogP contribution in [0.1, 0.15) is 35.1 Å². The van der Waals surface area contributed by atoms with E-state index in [1.165, 1.54) is 22.3 Å². The molecule has 1 aliphatic heterocycles. The largest absolute Gasteiger partial charge is 0.309 e. The van der Waals surface area contributed by atoms with Crippen LogP contribution < -0.4 is 5.32 Å². The maximum Gasteiger partial charge on any atom is 0.151 e. The van der Waals surface area contributed by atoms with Crippen LogP contribution in [0.5, 0.6) is 0 Å². The van der Waals surface area contributed by atoms with E-state index < -0.39 is 9.84 Å². The first-order chi connectivity index (χ1) is 8.87. The van der Waals surface area contributed by atoms with Gasteiger partial charge in [0.05, 0.1) is 11.5 Å². The van der Waals surface area contributed by atoms with E-state index in [1.54, 1.807) is 0 Å². The van der Waals surface area contributed by atoms with Gasteiger partial charge in [-0.1, -0.05) is 17.7 Å². The topological polar surface area (TPSA) is 46.2 Å². The predicted octanol–water partition coefficient (Wildman–Crippen LogP) is 2.28. The molecule has 0 radical (unpaired) electrons. The van der Waals surface area contributed by atoms with Crippen LogP contribution in [0.15, 0.2) is 12.1 Å². The van der Waals surface area contributed by atoms with Crippen molar-refractivity contribution in [1.82, 2.24) is 5.32 Å². The maximum absolute atomic E-state index is 11.6. The fourth-order valence-electron chi connectivity index (χ4n) is 2.92. The van der Waals surface area contributed by atoms with Gasteiger partial charge in [-0.15, -0.1) is 0 Å². The lowest BCUT2D eigenvalue weighted by Crippen LogP contribution is -2.39. The average molecular weight is 281 g/mol. The summed E-state index contributed by atoms with van der Waals surface area (Å²) in [5, 5.41) is 3.42. The molecule has 1 saturated heterocycles. The first-order valence-corrected chi connectivity index (χ1v) is 8.70. The van der Waals surface area contributed by atoms with E-state index >= 15 is 0 Å². The number of aryl methyl sites for hydroxylation is 3. The van der Waals surface area contributed by atoms with Crippen molar-refractivity contribution in [3.63, 3.8) is 0 Å². The van der Waals surface area contributed by atoms with E-state index in [4.69, 9.17) is 0 Å². The van der Waals surface area contributed by atoms with Crippen molar-refractivity contribution < 1.29 is 8.42 Å². The molecule has 1 atom stereocenters. The minimum absolute atomic E-state index is 0.110. The molecule has 0 aliphatic carbocycles. The molecule has 1 aliphatic rings. The zero-order valence-corrected chi connectivity index (χ0v) is 12.8. The Labute approximate surface area is 116 Å². The number of rotatable bonds is 3. The lowest BCUT2D eigenvalue weighted by Gasteiger charge is -2.24. The fraction of sp³-hybridized carbons (Fsp3) is 0.600. The summed E-state index contributed by atoms with van der Waals surface area (Å²) < 4.78 is 23.2. The van der Waals surface area contributed by atoms with E-state index in [2.05, 4.69) is 38.2 Å². The minimum atomic E-state index is -2.83. The highest BCUT2D eigenvalue weighted by Crippen LogP contribution is 2.18. The van der Waals surface area contributed by atoms with Crippen LogP contribution in [0.2, 0.25) is 0 Å². The van der Waals surface area contributed by atoms with Gasteiger partial charge in [0.15, 0.2) is 9.84 Å². The molecule has 0 aromatic heterocycles. The summed E-state index contributed by atoms with van der Waals surface area (Å²) in [6, 6.07) is 4.47. The zero-order valence-electron chi connectivity index (χ0n) is 12.0. The smallest absolute Gasteiger partial charge is 0.151 e. The molecule has 0 spiro atoms. The second-order valence-electron chi connectivity index (χ2n) is 5.71. The molecule has 19 heavy (non-hydrogen) atoms. The van der Waals surface area contributed by atoms with Gasteiger partial charge in [0, 0.05) is 12.6 Å². The van der Waals surface area contributed by atoms with E-state index in [1.807, 2.05) is 0 Å². The van der Waals surface area contributed by atoms with Gasteiger partial charge in [-0.25, -0.2) is 8.42 Å². The van der Waals surface area contributed by atoms with Gasteiger partial charge in [0.2, 0.25) is 0 Å². The lowest BCUT2D eigenvalue weighted by atomic mass is 9.99. The lowest BCUT2D eigenvalue weighted by molar-refractivity contribution is 0.479. The SMILES string of the molecule is Cc1cc(C)c(CNC2CCCS(=O)(=O)C2)c(C)c1. The summed E-state index contributed by atoms with van der Waals surface area (Å²) >= 11 is 0. The minimum Gasteiger partial charge on any atom is -0.309 e. The molecular weight excluding hydrogens is 258 g/mol. The van der Waals surface area contributed by atoms with Crippen molar-refractivity contribution in [2.24, 2.45) is 0 Å². The van der Waals surface area contributed by atoms with Crippen LogP contribution in [0.4, 0.5) is 0 Å². The average Bonchev–Trinajstić information content (AvgIpc) is 2.26. The third-order valence-corrected chi connectivity index (χ3v) is 5.69. The number of hydrogen-bond donors (Lipinski definition) is 1. The molecule has 0 bridgehead atoms. The van der Waals surface area contributed by atoms with Gasteiger partial charge in [-0.3, -0.25) is 0 Å². The van der Waals surface area contributed by atoms with Crippen LogP contribution in [-0.2, 0) is 16.4 Å². The molecule has 2 rings (SSSR count). The Balaban J connectivity index is 2.03. The molecule has 106 valence electrons. The maximum atomic E-state index is 11.6. The van der Waals surface area contributed by atoms with Crippen LogP contribution in [-0.4, -0.2) is 26.0 Å². The molecule has 1 aromatic carbocycles. The molecule has 1 N–H and O–H groups in total. The number of benzene rings is 1. The molecule has 1 aromatic rings. The Hall–Kier alpha value is -0.870. The Morgan fingerprint density at radius 1 is 1.21 bits per heavy atom. The Morgan fingerprint density at radius 3 is 2.42 bits per heavy atom. The summed E-state index contributed by atoms with van der Waals surface area (Å²) in [4.78, 5) is 0. The van der Waals surface area contributed by atoms with Gasteiger partial charge in [0.25, 0.3) is 0 Å². The summed E-state index contributed by atoms with van der Waals surface area (Å²) in [6.45, 7) is 7.10. The van der Waals surface area contributed by atoms with Gasteiger partial charge in [0.1, 0.15) is 0 Å². The zero-order chi connectivity index (χ0) is 14.0. The Bertz CT molecular complexity index is 541. The Morgan fingerprint density at radius 2 is 1.84 bits per heavy atom. The van der Waals surface area contributed by atoms with Crippen molar-refractivity contribution >= 4 is 9.84 Å². The molecule has 1 heterocycles. The van der Waals surface area contributed by atoms with E-state index in [-0.39, 0.29) is 11.8 Å². The summed E-state index contributed by atoms with van der Waals surface area (Å²) in [5.74, 6) is 0.644. The van der Waals surface area contributed by atoms with E-state index in [0.29, 0.717) is 5.75 Å². The number of nitrogens with one attached hydrogen (secondary N) is 1. The van der Waals surface area contributed by atoms with Crippen LogP contribution >= 0.6 is 0 Å². The molecular formula is C15H23NO2S. The molecule has 3 nitrogen and oxygen atoms in total. The van der Waals surface area contributed by atoms with E-state index in [0.717, 1.165) is 19.4 Å². The molecule has 0 saturated carbocycles. The normalized spacial score (nSPS) is 22.4. The standard InChI is InChI=1S/C15H23NO2S/c1-11-7-12(2)15(13(3)8-11)9-16-14-5-4-6-19(17,18)10-14/h7-8,14,16H,4-6,9-10H2,1-3H3. The summed E-state index contributed by atoms with van der Waals surface area (Å²) in [6.07, 6.45) is 1.75. The first-order valence-electron chi connectivity index (χ1n) is 6.88. The quantitative estimate of drug-likeness (QED) is 0.924. The predicted molar refractivity (Wildman–Crippen MR) is 79.2 cm³/mol. The Kier molecular flexibility index (Phi) is 4.31. The highest BCUT2D eigenvalue weighted by atomic mass is 32.2. The third-order valence-electron chi connectivity index (χ3n) is 3.87. The van der Waals surface area contributed by atoms with Crippen molar-refractivity contribution in [2.45, 2.75) is 46.2 Å². The first kappa shape index (κ1) is 14.5. The number of hydrogen-bond acceptors (Lipinski definition) is 3.